The van der Waals surface area contributed by atoms with Crippen LogP contribution in [0.3, 0.4) is 0 Å². The van der Waals surface area contributed by atoms with E-state index in [1.54, 1.807) is 6.20 Å². The van der Waals surface area contributed by atoms with Crippen molar-refractivity contribution in [1.29, 1.82) is 0 Å². The molecule has 0 saturated carbocycles. The number of aldehydes is 1. The van der Waals surface area contributed by atoms with Crippen molar-refractivity contribution in [2.45, 2.75) is 20.0 Å². The van der Waals surface area contributed by atoms with Crippen LogP contribution in [0.5, 0.6) is 5.75 Å². The van der Waals surface area contributed by atoms with Crippen LogP contribution in [0.15, 0.2) is 36.7 Å². The van der Waals surface area contributed by atoms with Crippen LogP contribution in [0.4, 0.5) is 0 Å². The lowest BCUT2D eigenvalue weighted by Gasteiger charge is -2.09. The molecule has 1 aromatic heterocycles. The molecule has 2 aromatic rings. The Morgan fingerprint density at radius 2 is 1.88 bits per heavy atom. The molecule has 0 unspecified atom stereocenters. The topological polar surface area (TPSA) is 42.1 Å². The molecule has 0 atom stereocenters. The van der Waals surface area contributed by atoms with Gasteiger partial charge in [0.1, 0.15) is 5.75 Å². The minimum Gasteiger partial charge on any atom is -0.491 e. The van der Waals surface area contributed by atoms with Gasteiger partial charge < -0.3 is 9.72 Å². The van der Waals surface area contributed by atoms with E-state index in [0.717, 1.165) is 23.2 Å². The number of carbonyl (C=O) groups is 1. The predicted octanol–water partition coefficient (Wildman–Crippen LogP) is 3.28. The molecule has 0 aliphatic carbocycles. The highest BCUT2D eigenvalue weighted by molar-refractivity contribution is 5.87. The standard InChI is InChI=1S/C14H15NO2/c1-10(2)17-13-5-3-11(4-6-13)14-8-15-7-12(14)9-16/h3-10,15H,1-2H3. The maximum Gasteiger partial charge on any atom is 0.152 e. The van der Waals surface area contributed by atoms with Crippen LogP contribution >= 0.6 is 0 Å². The molecule has 1 aromatic carbocycles. The summed E-state index contributed by atoms with van der Waals surface area (Å²) in [5.41, 5.74) is 2.59. The van der Waals surface area contributed by atoms with Crippen molar-refractivity contribution in [3.8, 4) is 16.9 Å². The Hall–Kier alpha value is -2.03. The van der Waals surface area contributed by atoms with Gasteiger partial charge in [0.25, 0.3) is 0 Å². The molecule has 2 rings (SSSR count). The molecule has 0 aliphatic rings. The van der Waals surface area contributed by atoms with Crippen molar-refractivity contribution in [2.75, 3.05) is 0 Å². The molecule has 0 radical (unpaired) electrons. The average Bonchev–Trinajstić information content (AvgIpc) is 2.77. The van der Waals surface area contributed by atoms with E-state index in [4.69, 9.17) is 4.74 Å². The molecular weight excluding hydrogens is 214 g/mol. The second-order valence-electron chi connectivity index (χ2n) is 4.13. The summed E-state index contributed by atoms with van der Waals surface area (Å²) in [6, 6.07) is 7.73. The fraction of sp³-hybridized carbons (Fsp3) is 0.214. The Balaban J connectivity index is 2.26. The lowest BCUT2D eigenvalue weighted by molar-refractivity contribution is 0.112. The van der Waals surface area contributed by atoms with Crippen molar-refractivity contribution >= 4 is 6.29 Å². The molecule has 0 aliphatic heterocycles. The first-order valence-corrected chi connectivity index (χ1v) is 5.59. The third kappa shape index (κ3) is 2.56. The third-order valence-corrected chi connectivity index (χ3v) is 2.44. The highest BCUT2D eigenvalue weighted by Crippen LogP contribution is 2.25. The molecule has 3 heteroatoms. The number of ether oxygens (including phenoxy) is 1. The Morgan fingerprint density at radius 1 is 1.18 bits per heavy atom. The monoisotopic (exact) mass is 229 g/mol. The van der Waals surface area contributed by atoms with E-state index in [1.165, 1.54) is 0 Å². The summed E-state index contributed by atoms with van der Waals surface area (Å²) < 4.78 is 5.57. The summed E-state index contributed by atoms with van der Waals surface area (Å²) in [6.45, 7) is 3.98. The molecule has 0 spiro atoms. The first kappa shape index (κ1) is 11.5. The Kier molecular flexibility index (Phi) is 3.28. The zero-order chi connectivity index (χ0) is 12.3. The van der Waals surface area contributed by atoms with Crippen LogP contribution in [-0.2, 0) is 0 Å². The average molecular weight is 229 g/mol. The molecular formula is C14H15NO2. The zero-order valence-electron chi connectivity index (χ0n) is 9.94. The van der Waals surface area contributed by atoms with Gasteiger partial charge in [-0.25, -0.2) is 0 Å². The van der Waals surface area contributed by atoms with Crippen molar-refractivity contribution in [3.63, 3.8) is 0 Å². The second-order valence-corrected chi connectivity index (χ2v) is 4.13. The number of carbonyl (C=O) groups excluding carboxylic acids is 1. The summed E-state index contributed by atoms with van der Waals surface area (Å²) in [5, 5.41) is 0. The van der Waals surface area contributed by atoms with Crippen LogP contribution in [0.1, 0.15) is 24.2 Å². The number of hydrogen-bond donors (Lipinski definition) is 1. The van der Waals surface area contributed by atoms with Gasteiger partial charge in [0.2, 0.25) is 0 Å². The van der Waals surface area contributed by atoms with Crippen molar-refractivity contribution in [3.05, 3.63) is 42.2 Å². The number of benzene rings is 1. The van der Waals surface area contributed by atoms with E-state index in [2.05, 4.69) is 4.98 Å². The Morgan fingerprint density at radius 3 is 2.47 bits per heavy atom. The van der Waals surface area contributed by atoms with E-state index in [1.807, 2.05) is 44.3 Å². The van der Waals surface area contributed by atoms with Gasteiger partial charge in [-0.3, -0.25) is 4.79 Å². The van der Waals surface area contributed by atoms with Crippen molar-refractivity contribution < 1.29 is 9.53 Å². The van der Waals surface area contributed by atoms with E-state index >= 15 is 0 Å². The first-order valence-electron chi connectivity index (χ1n) is 5.59. The second kappa shape index (κ2) is 4.87. The maximum absolute atomic E-state index is 10.8. The fourth-order valence-corrected chi connectivity index (χ4v) is 1.71. The number of hydrogen-bond acceptors (Lipinski definition) is 2. The van der Waals surface area contributed by atoms with Gasteiger partial charge in [-0.05, 0) is 31.5 Å². The van der Waals surface area contributed by atoms with Gasteiger partial charge in [0.15, 0.2) is 6.29 Å². The summed E-state index contributed by atoms with van der Waals surface area (Å²) in [5.74, 6) is 0.840. The number of rotatable bonds is 4. The van der Waals surface area contributed by atoms with E-state index in [0.29, 0.717) is 5.56 Å². The Bertz CT molecular complexity index is 497. The van der Waals surface area contributed by atoms with Crippen LogP contribution in [-0.4, -0.2) is 17.4 Å². The first-order chi connectivity index (χ1) is 8.20. The summed E-state index contributed by atoms with van der Waals surface area (Å²) >= 11 is 0. The minimum atomic E-state index is 0.165. The highest BCUT2D eigenvalue weighted by atomic mass is 16.5. The molecule has 17 heavy (non-hydrogen) atoms. The lowest BCUT2D eigenvalue weighted by Crippen LogP contribution is -2.05. The van der Waals surface area contributed by atoms with E-state index in [9.17, 15) is 4.79 Å². The van der Waals surface area contributed by atoms with Crippen LogP contribution in [0.2, 0.25) is 0 Å². The Labute approximate surface area is 100 Å². The highest BCUT2D eigenvalue weighted by Gasteiger charge is 2.05. The van der Waals surface area contributed by atoms with E-state index in [-0.39, 0.29) is 6.10 Å². The predicted molar refractivity (Wildman–Crippen MR) is 67.4 cm³/mol. The van der Waals surface area contributed by atoms with Crippen LogP contribution in [0, 0.1) is 0 Å². The lowest BCUT2D eigenvalue weighted by atomic mass is 10.1. The molecule has 1 heterocycles. The summed E-state index contributed by atoms with van der Waals surface area (Å²) in [4.78, 5) is 13.8. The smallest absolute Gasteiger partial charge is 0.152 e. The number of nitrogens with one attached hydrogen (secondary N) is 1. The quantitative estimate of drug-likeness (QED) is 0.817. The molecule has 0 bridgehead atoms. The van der Waals surface area contributed by atoms with E-state index < -0.39 is 0 Å². The third-order valence-electron chi connectivity index (χ3n) is 2.44. The summed E-state index contributed by atoms with van der Waals surface area (Å²) in [6.07, 6.45) is 4.53. The number of H-pyrrole nitrogens is 1. The van der Waals surface area contributed by atoms with Gasteiger partial charge in [-0.15, -0.1) is 0 Å². The molecule has 0 fully saturated rings. The largest absolute Gasteiger partial charge is 0.491 e. The molecule has 0 amide bonds. The number of aromatic amines is 1. The van der Waals surface area contributed by atoms with Crippen LogP contribution in [0.25, 0.3) is 11.1 Å². The van der Waals surface area contributed by atoms with Gasteiger partial charge >= 0.3 is 0 Å². The molecule has 1 N–H and O–H groups in total. The van der Waals surface area contributed by atoms with Crippen molar-refractivity contribution in [2.24, 2.45) is 0 Å². The fourth-order valence-electron chi connectivity index (χ4n) is 1.71. The number of aromatic nitrogens is 1. The van der Waals surface area contributed by atoms with Gasteiger partial charge in [-0.1, -0.05) is 12.1 Å². The van der Waals surface area contributed by atoms with Gasteiger partial charge in [0.05, 0.1) is 6.10 Å². The van der Waals surface area contributed by atoms with Crippen molar-refractivity contribution in [1.82, 2.24) is 4.98 Å². The van der Waals surface area contributed by atoms with Crippen LogP contribution < -0.4 is 4.74 Å². The summed E-state index contributed by atoms with van der Waals surface area (Å²) in [7, 11) is 0. The van der Waals surface area contributed by atoms with Gasteiger partial charge in [0, 0.05) is 23.5 Å². The minimum absolute atomic E-state index is 0.165. The normalized spacial score (nSPS) is 10.5. The molecule has 0 saturated heterocycles. The maximum atomic E-state index is 10.8. The van der Waals surface area contributed by atoms with Gasteiger partial charge in [-0.2, -0.15) is 0 Å². The molecule has 3 nitrogen and oxygen atoms in total. The molecule has 88 valence electrons. The SMILES string of the molecule is CC(C)Oc1ccc(-c2c[nH]cc2C=O)cc1. The zero-order valence-corrected chi connectivity index (χ0v) is 9.94.